The highest BCUT2D eigenvalue weighted by molar-refractivity contribution is 5.82. The van der Waals surface area contributed by atoms with E-state index in [-0.39, 0.29) is 6.04 Å². The molecule has 0 radical (unpaired) electrons. The molecule has 0 spiro atoms. The lowest BCUT2D eigenvalue weighted by Crippen LogP contribution is -2.66. The molecule has 5 rings (SSSR count). The van der Waals surface area contributed by atoms with Crippen molar-refractivity contribution in [2.45, 2.75) is 25.0 Å². The van der Waals surface area contributed by atoms with Gasteiger partial charge in [-0.25, -0.2) is 0 Å². The van der Waals surface area contributed by atoms with Crippen LogP contribution in [0.2, 0.25) is 0 Å². The van der Waals surface area contributed by atoms with E-state index in [9.17, 15) is 5.11 Å². The molecule has 3 saturated heterocycles. The molecule has 0 amide bonds. The van der Waals surface area contributed by atoms with Crippen LogP contribution in [-0.2, 0) is 0 Å². The van der Waals surface area contributed by atoms with Crippen LogP contribution in [0.4, 0.5) is 0 Å². The minimum absolute atomic E-state index is 0.274. The topological polar surface area (TPSA) is 33.1 Å². The highest BCUT2D eigenvalue weighted by Crippen LogP contribution is 2.45. The predicted molar refractivity (Wildman–Crippen MR) is 92.8 cm³/mol. The summed E-state index contributed by atoms with van der Waals surface area (Å²) in [7, 11) is 2.31. The van der Waals surface area contributed by atoms with Crippen LogP contribution in [0.25, 0.3) is 10.9 Å². The van der Waals surface area contributed by atoms with Crippen LogP contribution in [0.3, 0.4) is 0 Å². The van der Waals surface area contributed by atoms with Crippen molar-refractivity contribution in [3.63, 3.8) is 0 Å². The molecule has 3 heteroatoms. The number of para-hydroxylation sites is 1. The molecule has 1 aromatic carbocycles. The van der Waals surface area contributed by atoms with Crippen LogP contribution in [0.5, 0.6) is 0 Å². The van der Waals surface area contributed by atoms with Gasteiger partial charge in [0, 0.05) is 30.3 Å². The minimum Gasteiger partial charge on any atom is -0.382 e. The van der Waals surface area contributed by atoms with Gasteiger partial charge in [0.15, 0.2) is 0 Å². The van der Waals surface area contributed by atoms with Crippen LogP contribution in [-0.4, -0.2) is 40.8 Å². The fourth-order valence-electron chi connectivity index (χ4n) is 4.88. The number of pyridine rings is 1. The lowest BCUT2D eigenvalue weighted by atomic mass is 9.72. The summed E-state index contributed by atoms with van der Waals surface area (Å²) in [5.74, 6) is 1.28. The number of piperidine rings is 3. The minimum atomic E-state index is -0.429. The number of fused-ring (bicyclic) bond motifs is 4. The number of aromatic nitrogens is 1. The first-order valence-electron chi connectivity index (χ1n) is 8.61. The summed E-state index contributed by atoms with van der Waals surface area (Å²) < 4.78 is 0.963. The van der Waals surface area contributed by atoms with Gasteiger partial charge in [-0.05, 0) is 23.6 Å². The van der Waals surface area contributed by atoms with Crippen molar-refractivity contribution in [2.24, 2.45) is 11.8 Å². The Morgan fingerprint density at radius 2 is 2.17 bits per heavy atom. The van der Waals surface area contributed by atoms with Crippen molar-refractivity contribution < 1.29 is 9.59 Å². The maximum atomic E-state index is 11.2. The van der Waals surface area contributed by atoms with Gasteiger partial charge in [-0.3, -0.25) is 4.98 Å². The van der Waals surface area contributed by atoms with Gasteiger partial charge in [-0.1, -0.05) is 24.3 Å². The Bertz CT molecular complexity index is 738. The maximum absolute atomic E-state index is 11.2. The summed E-state index contributed by atoms with van der Waals surface area (Å²) in [5, 5.41) is 12.3. The quantitative estimate of drug-likeness (QED) is 0.697. The van der Waals surface area contributed by atoms with Gasteiger partial charge in [0.1, 0.15) is 12.1 Å². The Labute approximate surface area is 137 Å². The summed E-state index contributed by atoms with van der Waals surface area (Å²) in [4.78, 5) is 4.43. The Morgan fingerprint density at radius 1 is 1.35 bits per heavy atom. The SMILES string of the molecule is C=C[C@H]1C[N@+]2(C)CC[C@H]1C[C@@H]2[C@@H](O)c1ccnc2ccccc12. The molecule has 0 saturated carbocycles. The first-order chi connectivity index (χ1) is 11.1. The van der Waals surface area contributed by atoms with Gasteiger partial charge in [0.2, 0.25) is 0 Å². The monoisotopic (exact) mass is 309 g/mol. The summed E-state index contributed by atoms with van der Waals surface area (Å²) in [6.07, 6.45) is 5.87. The zero-order chi connectivity index (χ0) is 16.0. The average molecular weight is 309 g/mol. The number of aliphatic hydroxyl groups is 1. The number of aliphatic hydroxyl groups excluding tert-OH is 1. The van der Waals surface area contributed by atoms with E-state index in [1.807, 2.05) is 30.5 Å². The second-order valence-corrected chi connectivity index (χ2v) is 7.50. The van der Waals surface area contributed by atoms with Crippen LogP contribution in [0.1, 0.15) is 24.5 Å². The van der Waals surface area contributed by atoms with Crippen molar-refractivity contribution >= 4 is 10.9 Å². The molecule has 3 nitrogen and oxygen atoms in total. The summed E-state index contributed by atoms with van der Waals surface area (Å²) >= 11 is 0. The number of hydrogen-bond acceptors (Lipinski definition) is 2. The van der Waals surface area contributed by atoms with Crippen molar-refractivity contribution in [3.8, 4) is 0 Å². The van der Waals surface area contributed by atoms with Crippen LogP contribution in [0.15, 0.2) is 49.2 Å². The molecular formula is C20H25N2O+. The molecule has 3 fully saturated rings. The second kappa shape index (κ2) is 5.43. The Morgan fingerprint density at radius 3 is 2.96 bits per heavy atom. The number of likely N-dealkylation sites (N-methyl/N-ethyl adjacent to an activating group) is 1. The van der Waals surface area contributed by atoms with E-state index in [4.69, 9.17) is 0 Å². The molecule has 0 unspecified atom stereocenters. The van der Waals surface area contributed by atoms with E-state index in [0.717, 1.165) is 33.9 Å². The van der Waals surface area contributed by atoms with Crippen molar-refractivity contribution in [1.29, 1.82) is 0 Å². The number of benzene rings is 1. The highest BCUT2D eigenvalue weighted by Gasteiger charge is 2.51. The fourth-order valence-corrected chi connectivity index (χ4v) is 4.88. The van der Waals surface area contributed by atoms with E-state index < -0.39 is 6.10 Å². The van der Waals surface area contributed by atoms with Crippen LogP contribution in [0, 0.1) is 11.8 Å². The van der Waals surface area contributed by atoms with E-state index in [1.165, 1.54) is 13.0 Å². The molecule has 1 aromatic heterocycles. The summed E-state index contributed by atoms with van der Waals surface area (Å²) in [6, 6.07) is 10.4. The van der Waals surface area contributed by atoms with Gasteiger partial charge in [-0.15, -0.1) is 6.58 Å². The molecule has 2 aromatic rings. The molecule has 2 bridgehead atoms. The van der Waals surface area contributed by atoms with Gasteiger partial charge in [0.25, 0.3) is 0 Å². The Kier molecular flexibility index (Phi) is 3.51. The highest BCUT2D eigenvalue weighted by atomic mass is 16.3. The molecule has 1 N–H and O–H groups in total. The predicted octanol–water partition coefficient (Wildman–Crippen LogP) is 3.31. The smallest absolute Gasteiger partial charge is 0.131 e. The molecule has 5 atom stereocenters. The van der Waals surface area contributed by atoms with Gasteiger partial charge >= 0.3 is 0 Å². The molecular weight excluding hydrogens is 284 g/mol. The summed E-state index contributed by atoms with van der Waals surface area (Å²) in [5.41, 5.74) is 1.99. The third kappa shape index (κ3) is 2.30. The second-order valence-electron chi connectivity index (χ2n) is 7.50. The zero-order valence-electron chi connectivity index (χ0n) is 13.7. The van der Waals surface area contributed by atoms with Crippen LogP contribution >= 0.6 is 0 Å². The molecule has 3 aliphatic heterocycles. The van der Waals surface area contributed by atoms with Crippen LogP contribution < -0.4 is 0 Å². The normalized spacial score (nSPS) is 34.4. The van der Waals surface area contributed by atoms with Crippen molar-refractivity contribution in [1.82, 2.24) is 4.98 Å². The Balaban J connectivity index is 1.72. The molecule has 3 aliphatic rings. The van der Waals surface area contributed by atoms with Crippen molar-refractivity contribution in [2.75, 3.05) is 20.1 Å². The third-order valence-electron chi connectivity index (χ3n) is 6.26. The first kappa shape index (κ1) is 14.9. The van der Waals surface area contributed by atoms with Gasteiger partial charge in [-0.2, -0.15) is 0 Å². The van der Waals surface area contributed by atoms with E-state index in [0.29, 0.717) is 11.8 Å². The molecule has 4 heterocycles. The molecule has 0 aliphatic carbocycles. The first-order valence-corrected chi connectivity index (χ1v) is 8.61. The number of nitrogens with zero attached hydrogens (tertiary/aromatic N) is 2. The standard InChI is InChI=1S/C20H25N2O/c1-3-14-13-22(2)11-9-15(14)12-19(22)20(23)17-8-10-21-18-7-5-4-6-16(17)18/h3-8,10,14-15,19-20,23H,1,9,11-13H2,2H3/q+1/t14-,15-,19+,20-,22-/m0/s1. The number of rotatable bonds is 3. The molecule has 120 valence electrons. The number of hydrogen-bond donors (Lipinski definition) is 1. The summed E-state index contributed by atoms with van der Waals surface area (Å²) in [6.45, 7) is 6.30. The average Bonchev–Trinajstić information content (AvgIpc) is 2.60. The van der Waals surface area contributed by atoms with Gasteiger partial charge in [0.05, 0.1) is 25.7 Å². The molecule has 23 heavy (non-hydrogen) atoms. The largest absolute Gasteiger partial charge is 0.382 e. The van der Waals surface area contributed by atoms with Crippen molar-refractivity contribution in [3.05, 3.63) is 54.7 Å². The fraction of sp³-hybridized carbons (Fsp3) is 0.450. The number of quaternary nitrogens is 1. The maximum Gasteiger partial charge on any atom is 0.131 e. The van der Waals surface area contributed by atoms with E-state index >= 15 is 0 Å². The lowest BCUT2D eigenvalue weighted by molar-refractivity contribution is -0.956. The van der Waals surface area contributed by atoms with Gasteiger partial charge < -0.3 is 9.59 Å². The lowest BCUT2D eigenvalue weighted by Gasteiger charge is -2.56. The third-order valence-corrected chi connectivity index (χ3v) is 6.26. The van der Waals surface area contributed by atoms with E-state index in [2.05, 4.69) is 30.8 Å². The Hall–Kier alpha value is -1.71. The zero-order valence-corrected chi connectivity index (χ0v) is 13.7. The van der Waals surface area contributed by atoms with E-state index in [1.54, 1.807) is 0 Å².